The zero-order valence-electron chi connectivity index (χ0n) is 10.4. The van der Waals surface area contributed by atoms with Gasteiger partial charge in [-0.15, -0.1) is 0 Å². The minimum atomic E-state index is -0.300. The minimum Gasteiger partial charge on any atom is -0.425 e. The topological polar surface area (TPSA) is 45.1 Å². The number of hydrazine groups is 1. The number of cyclic esters (lactones) is 1. The number of hydrogen-bond donors (Lipinski definition) is 0. The van der Waals surface area contributed by atoms with E-state index in [1.54, 1.807) is 22.6 Å². The van der Waals surface area contributed by atoms with Gasteiger partial charge in [0.15, 0.2) is 6.73 Å². The van der Waals surface area contributed by atoms with Crippen molar-refractivity contribution in [1.82, 2.24) is 10.0 Å². The number of hydrogen-bond acceptors (Lipinski definition) is 4. The Morgan fingerprint density at radius 1 is 1.47 bits per heavy atom. The van der Waals surface area contributed by atoms with Crippen molar-refractivity contribution in [2.24, 2.45) is 10.9 Å². The largest absolute Gasteiger partial charge is 0.435 e. The summed E-state index contributed by atoms with van der Waals surface area (Å²) in [5.74, 6) is 0.738. The quantitative estimate of drug-likeness (QED) is 0.691. The molecule has 2 aliphatic rings. The van der Waals surface area contributed by atoms with Crippen molar-refractivity contribution in [3.05, 3.63) is 11.9 Å². The highest BCUT2D eigenvalue weighted by atomic mass is 16.6. The van der Waals surface area contributed by atoms with E-state index < -0.39 is 0 Å². The average molecular weight is 237 g/mol. The Hall–Kier alpha value is -1.52. The van der Waals surface area contributed by atoms with Crippen LogP contribution in [0.4, 0.5) is 4.79 Å². The SMILES string of the molecule is CC(C)CCCCC1=CN=CN2COC(=O)N12. The lowest BCUT2D eigenvalue weighted by Crippen LogP contribution is -2.38. The molecule has 5 nitrogen and oxygen atoms in total. The van der Waals surface area contributed by atoms with Gasteiger partial charge in [0, 0.05) is 0 Å². The van der Waals surface area contributed by atoms with Crippen molar-refractivity contribution in [2.45, 2.75) is 39.5 Å². The van der Waals surface area contributed by atoms with Gasteiger partial charge in [0.1, 0.15) is 6.34 Å². The molecule has 0 radical (unpaired) electrons. The number of nitrogens with zero attached hydrogens (tertiary/aromatic N) is 3. The molecule has 0 bridgehead atoms. The van der Waals surface area contributed by atoms with E-state index >= 15 is 0 Å². The third kappa shape index (κ3) is 2.78. The smallest absolute Gasteiger partial charge is 0.425 e. The fourth-order valence-corrected chi connectivity index (χ4v) is 1.99. The molecule has 5 heteroatoms. The second-order valence-corrected chi connectivity index (χ2v) is 4.82. The highest BCUT2D eigenvalue weighted by molar-refractivity contribution is 5.75. The number of ether oxygens (including phenoxy) is 1. The van der Waals surface area contributed by atoms with E-state index in [2.05, 4.69) is 18.8 Å². The summed E-state index contributed by atoms with van der Waals surface area (Å²) in [6.07, 6.45) is 7.42. The predicted molar refractivity (Wildman–Crippen MR) is 64.9 cm³/mol. The van der Waals surface area contributed by atoms with E-state index in [0.717, 1.165) is 24.5 Å². The highest BCUT2D eigenvalue weighted by Crippen LogP contribution is 2.24. The lowest BCUT2D eigenvalue weighted by Gasteiger charge is -2.26. The highest BCUT2D eigenvalue weighted by Gasteiger charge is 2.33. The molecule has 1 saturated heterocycles. The van der Waals surface area contributed by atoms with Crippen LogP contribution >= 0.6 is 0 Å². The molecule has 2 rings (SSSR count). The third-order valence-electron chi connectivity index (χ3n) is 2.91. The third-order valence-corrected chi connectivity index (χ3v) is 2.91. The Morgan fingerprint density at radius 2 is 2.29 bits per heavy atom. The van der Waals surface area contributed by atoms with Gasteiger partial charge in [0.05, 0.1) is 11.9 Å². The maximum atomic E-state index is 11.5. The maximum absolute atomic E-state index is 11.5. The summed E-state index contributed by atoms with van der Waals surface area (Å²) in [6, 6.07) is 0. The molecule has 0 aromatic carbocycles. The summed E-state index contributed by atoms with van der Waals surface area (Å²) in [7, 11) is 0. The molecular weight excluding hydrogens is 218 g/mol. The molecule has 0 unspecified atom stereocenters. The van der Waals surface area contributed by atoms with Crippen LogP contribution in [-0.2, 0) is 4.74 Å². The van der Waals surface area contributed by atoms with Gasteiger partial charge in [0.25, 0.3) is 0 Å². The van der Waals surface area contributed by atoms with Crippen molar-refractivity contribution in [1.29, 1.82) is 0 Å². The van der Waals surface area contributed by atoms with Gasteiger partial charge in [-0.1, -0.05) is 26.7 Å². The molecule has 1 fully saturated rings. The molecule has 2 aliphatic heterocycles. The van der Waals surface area contributed by atoms with Crippen molar-refractivity contribution in [2.75, 3.05) is 6.73 Å². The summed E-state index contributed by atoms with van der Waals surface area (Å²) < 4.78 is 4.96. The summed E-state index contributed by atoms with van der Waals surface area (Å²) in [5.41, 5.74) is 0.929. The molecular formula is C12H19N3O2. The van der Waals surface area contributed by atoms with E-state index in [0.29, 0.717) is 0 Å². The van der Waals surface area contributed by atoms with E-state index in [9.17, 15) is 4.79 Å². The van der Waals surface area contributed by atoms with Crippen LogP contribution < -0.4 is 0 Å². The van der Waals surface area contributed by atoms with Crippen LogP contribution in [0.25, 0.3) is 0 Å². The van der Waals surface area contributed by atoms with Crippen molar-refractivity contribution < 1.29 is 9.53 Å². The van der Waals surface area contributed by atoms with Gasteiger partial charge in [0.2, 0.25) is 0 Å². The summed E-state index contributed by atoms with van der Waals surface area (Å²) in [5, 5.41) is 3.27. The number of carbonyl (C=O) groups excluding carboxylic acids is 1. The number of rotatable bonds is 5. The van der Waals surface area contributed by atoms with Gasteiger partial charge < -0.3 is 4.74 Å². The molecule has 2 heterocycles. The monoisotopic (exact) mass is 237 g/mol. The lowest BCUT2D eigenvalue weighted by molar-refractivity contribution is 0.155. The maximum Gasteiger partial charge on any atom is 0.435 e. The van der Waals surface area contributed by atoms with Crippen LogP contribution in [0.1, 0.15) is 39.5 Å². The number of fused-ring (bicyclic) bond motifs is 1. The predicted octanol–water partition coefficient (Wildman–Crippen LogP) is 2.71. The number of carbonyl (C=O) groups is 1. The van der Waals surface area contributed by atoms with Crippen LogP contribution in [0.15, 0.2) is 16.9 Å². The fourth-order valence-electron chi connectivity index (χ4n) is 1.99. The molecule has 0 saturated carbocycles. The van der Waals surface area contributed by atoms with Crippen LogP contribution in [-0.4, -0.2) is 29.2 Å². The van der Waals surface area contributed by atoms with E-state index in [1.807, 2.05) is 0 Å². The first-order valence-corrected chi connectivity index (χ1v) is 6.14. The van der Waals surface area contributed by atoms with Crippen molar-refractivity contribution in [3.8, 4) is 0 Å². The van der Waals surface area contributed by atoms with Crippen LogP contribution in [0, 0.1) is 5.92 Å². The first-order valence-electron chi connectivity index (χ1n) is 6.14. The molecule has 0 spiro atoms. The molecule has 0 aromatic heterocycles. The summed E-state index contributed by atoms with van der Waals surface area (Å²) in [6.45, 7) is 4.72. The first-order chi connectivity index (χ1) is 8.18. The van der Waals surface area contributed by atoms with Gasteiger partial charge >= 0.3 is 6.09 Å². The van der Waals surface area contributed by atoms with Crippen LogP contribution in [0.5, 0.6) is 0 Å². The van der Waals surface area contributed by atoms with Crippen LogP contribution in [0.3, 0.4) is 0 Å². The van der Waals surface area contributed by atoms with Crippen LogP contribution in [0.2, 0.25) is 0 Å². The molecule has 0 atom stereocenters. The zero-order chi connectivity index (χ0) is 12.3. The number of unbranched alkanes of at least 4 members (excludes halogenated alkanes) is 1. The molecule has 0 N–H and O–H groups in total. The summed E-state index contributed by atoms with van der Waals surface area (Å²) >= 11 is 0. The minimum absolute atomic E-state index is 0.270. The van der Waals surface area contributed by atoms with Gasteiger partial charge in [-0.2, -0.15) is 5.01 Å². The van der Waals surface area contributed by atoms with E-state index in [1.165, 1.54) is 12.8 Å². The average Bonchev–Trinajstić information content (AvgIpc) is 2.67. The lowest BCUT2D eigenvalue weighted by atomic mass is 10.0. The Morgan fingerprint density at radius 3 is 3.06 bits per heavy atom. The fraction of sp³-hybridized carbons (Fsp3) is 0.667. The Labute approximate surface area is 102 Å². The molecule has 17 heavy (non-hydrogen) atoms. The number of allylic oxidation sites excluding steroid dienone is 1. The van der Waals surface area contributed by atoms with Gasteiger partial charge in [-0.25, -0.2) is 14.8 Å². The van der Waals surface area contributed by atoms with Crippen molar-refractivity contribution >= 4 is 12.4 Å². The second-order valence-electron chi connectivity index (χ2n) is 4.82. The Bertz CT molecular complexity index is 350. The Kier molecular flexibility index (Phi) is 3.66. The summed E-state index contributed by atoms with van der Waals surface area (Å²) in [4.78, 5) is 15.6. The molecule has 1 amide bonds. The van der Waals surface area contributed by atoms with E-state index in [4.69, 9.17) is 4.74 Å². The normalized spacial score (nSPS) is 18.5. The molecule has 94 valence electrons. The zero-order valence-corrected chi connectivity index (χ0v) is 10.4. The van der Waals surface area contributed by atoms with Crippen molar-refractivity contribution in [3.63, 3.8) is 0 Å². The number of amides is 1. The molecule has 0 aromatic rings. The second kappa shape index (κ2) is 5.21. The van der Waals surface area contributed by atoms with E-state index in [-0.39, 0.29) is 12.8 Å². The Balaban J connectivity index is 1.85. The van der Waals surface area contributed by atoms with Gasteiger partial charge in [-0.05, 0) is 18.8 Å². The molecule has 0 aliphatic carbocycles. The number of aliphatic imine (C=N–C) groups is 1. The standard InChI is InChI=1S/C12H19N3O2/c1-10(2)5-3-4-6-11-7-13-8-14-9-17-12(16)15(11)14/h7-8,10H,3-6,9H2,1-2H3. The first kappa shape index (κ1) is 12.0. The van der Waals surface area contributed by atoms with Gasteiger partial charge in [-0.3, -0.25) is 0 Å².